The van der Waals surface area contributed by atoms with Crippen molar-refractivity contribution in [3.63, 3.8) is 0 Å². The Morgan fingerprint density at radius 1 is 1.20 bits per heavy atom. The van der Waals surface area contributed by atoms with Crippen molar-refractivity contribution in [2.75, 3.05) is 18.8 Å². The number of nitrogens with one attached hydrogen (secondary N) is 1. The lowest BCUT2D eigenvalue weighted by molar-refractivity contribution is 0.707. The van der Waals surface area contributed by atoms with E-state index in [0.717, 1.165) is 23.9 Å². The zero-order valence-electron chi connectivity index (χ0n) is 9.13. The van der Waals surface area contributed by atoms with Gasteiger partial charge in [-0.15, -0.1) is 0 Å². The third kappa shape index (κ3) is 6.08. The van der Waals surface area contributed by atoms with Gasteiger partial charge in [-0.2, -0.15) is 11.8 Å². The van der Waals surface area contributed by atoms with Gasteiger partial charge in [-0.3, -0.25) is 0 Å². The Kier molecular flexibility index (Phi) is 6.90. The molecule has 0 amide bonds. The fourth-order valence-corrected chi connectivity index (χ4v) is 2.20. The molecule has 0 bridgehead atoms. The molecule has 0 saturated carbocycles. The fourth-order valence-electron chi connectivity index (χ4n) is 1.22. The van der Waals surface area contributed by atoms with Gasteiger partial charge in [0.25, 0.3) is 0 Å². The summed E-state index contributed by atoms with van der Waals surface area (Å²) in [6.45, 7) is 4.42. The molecule has 15 heavy (non-hydrogen) atoms. The van der Waals surface area contributed by atoms with Gasteiger partial charge in [-0.1, -0.05) is 30.7 Å². The van der Waals surface area contributed by atoms with Gasteiger partial charge in [-0.05, 0) is 30.7 Å². The molecule has 0 atom stereocenters. The van der Waals surface area contributed by atoms with Crippen LogP contribution in [0, 0.1) is 0 Å². The van der Waals surface area contributed by atoms with E-state index in [0.29, 0.717) is 0 Å². The van der Waals surface area contributed by atoms with Crippen LogP contribution in [0.2, 0.25) is 5.02 Å². The molecule has 0 radical (unpaired) electrons. The number of halogens is 1. The average Bonchev–Trinajstić information content (AvgIpc) is 2.26. The maximum absolute atomic E-state index is 5.81. The summed E-state index contributed by atoms with van der Waals surface area (Å²) in [7, 11) is 0. The number of thioether (sulfide) groups is 1. The molecule has 84 valence electrons. The highest BCUT2D eigenvalue weighted by Crippen LogP contribution is 2.14. The van der Waals surface area contributed by atoms with E-state index in [4.69, 9.17) is 11.6 Å². The number of hydrogen-bond acceptors (Lipinski definition) is 2. The van der Waals surface area contributed by atoms with Crippen LogP contribution in [0.3, 0.4) is 0 Å². The maximum atomic E-state index is 5.81. The Morgan fingerprint density at radius 2 is 1.93 bits per heavy atom. The summed E-state index contributed by atoms with van der Waals surface area (Å²) < 4.78 is 0. The van der Waals surface area contributed by atoms with E-state index in [2.05, 4.69) is 24.4 Å². The van der Waals surface area contributed by atoms with Gasteiger partial charge < -0.3 is 5.32 Å². The molecular formula is C12H18ClNS. The first-order chi connectivity index (χ1) is 7.33. The minimum absolute atomic E-state index is 0.813. The molecule has 1 aromatic carbocycles. The van der Waals surface area contributed by atoms with Crippen LogP contribution in [0.5, 0.6) is 0 Å². The van der Waals surface area contributed by atoms with E-state index in [9.17, 15) is 0 Å². The molecule has 0 aliphatic carbocycles. The summed E-state index contributed by atoms with van der Waals surface area (Å²) in [5.41, 5.74) is 1.35. The van der Waals surface area contributed by atoms with Crippen molar-refractivity contribution < 1.29 is 0 Å². The van der Waals surface area contributed by atoms with Crippen LogP contribution in [0.1, 0.15) is 18.9 Å². The van der Waals surface area contributed by atoms with Gasteiger partial charge in [0.15, 0.2) is 0 Å². The van der Waals surface area contributed by atoms with Crippen molar-refractivity contribution in [1.82, 2.24) is 5.32 Å². The SMILES string of the molecule is CCCNCCSCc1ccc(Cl)cc1. The van der Waals surface area contributed by atoms with Crippen LogP contribution < -0.4 is 5.32 Å². The zero-order valence-corrected chi connectivity index (χ0v) is 10.7. The predicted octanol–water partition coefficient (Wildman–Crippen LogP) is 3.57. The highest BCUT2D eigenvalue weighted by atomic mass is 35.5. The monoisotopic (exact) mass is 243 g/mol. The van der Waals surface area contributed by atoms with E-state index < -0.39 is 0 Å². The first-order valence-corrected chi connectivity index (χ1v) is 6.89. The lowest BCUT2D eigenvalue weighted by Crippen LogP contribution is -2.17. The van der Waals surface area contributed by atoms with Crippen LogP contribution in [0.25, 0.3) is 0 Å². The van der Waals surface area contributed by atoms with E-state index in [1.165, 1.54) is 17.7 Å². The molecule has 1 N–H and O–H groups in total. The largest absolute Gasteiger partial charge is 0.316 e. The maximum Gasteiger partial charge on any atom is 0.0406 e. The molecule has 0 heterocycles. The quantitative estimate of drug-likeness (QED) is 0.735. The minimum atomic E-state index is 0.813. The van der Waals surface area contributed by atoms with Crippen molar-refractivity contribution in [2.45, 2.75) is 19.1 Å². The third-order valence-electron chi connectivity index (χ3n) is 2.03. The zero-order chi connectivity index (χ0) is 10.9. The van der Waals surface area contributed by atoms with Gasteiger partial charge in [-0.25, -0.2) is 0 Å². The van der Waals surface area contributed by atoms with E-state index in [1.807, 2.05) is 23.9 Å². The highest BCUT2D eigenvalue weighted by Gasteiger charge is 1.93. The minimum Gasteiger partial charge on any atom is -0.316 e. The van der Waals surface area contributed by atoms with Crippen molar-refractivity contribution >= 4 is 23.4 Å². The summed E-state index contributed by atoms with van der Waals surface area (Å²) in [4.78, 5) is 0. The molecule has 0 saturated heterocycles. The molecule has 0 spiro atoms. The first-order valence-electron chi connectivity index (χ1n) is 5.36. The van der Waals surface area contributed by atoms with Crippen LogP contribution in [0.4, 0.5) is 0 Å². The molecule has 3 heteroatoms. The van der Waals surface area contributed by atoms with Crippen molar-refractivity contribution in [3.05, 3.63) is 34.9 Å². The third-order valence-corrected chi connectivity index (χ3v) is 3.31. The molecule has 0 aliphatic heterocycles. The summed E-state index contributed by atoms with van der Waals surface area (Å²) >= 11 is 7.77. The number of hydrogen-bond donors (Lipinski definition) is 1. The Bertz CT molecular complexity index is 261. The van der Waals surface area contributed by atoms with Gasteiger partial charge in [0, 0.05) is 23.1 Å². The Labute approximate surface area is 102 Å². The lowest BCUT2D eigenvalue weighted by atomic mass is 10.2. The Balaban J connectivity index is 2.07. The average molecular weight is 244 g/mol. The second-order valence-corrected chi connectivity index (χ2v) is 4.97. The Hall–Kier alpha value is -0.180. The summed E-state index contributed by atoms with van der Waals surface area (Å²) in [6, 6.07) is 8.09. The summed E-state index contributed by atoms with van der Waals surface area (Å²) in [5.74, 6) is 2.24. The second-order valence-electron chi connectivity index (χ2n) is 3.43. The van der Waals surface area contributed by atoms with Gasteiger partial charge in [0.05, 0.1) is 0 Å². The predicted molar refractivity (Wildman–Crippen MR) is 70.8 cm³/mol. The molecule has 1 aromatic rings. The standard InChI is InChI=1S/C12H18ClNS/c1-2-7-14-8-9-15-10-11-3-5-12(13)6-4-11/h3-6,14H,2,7-10H2,1H3. The van der Waals surface area contributed by atoms with Crippen molar-refractivity contribution in [1.29, 1.82) is 0 Å². The van der Waals surface area contributed by atoms with E-state index >= 15 is 0 Å². The van der Waals surface area contributed by atoms with Gasteiger partial charge >= 0.3 is 0 Å². The fraction of sp³-hybridized carbons (Fsp3) is 0.500. The number of benzene rings is 1. The smallest absolute Gasteiger partial charge is 0.0406 e. The molecule has 0 aliphatic rings. The molecular weight excluding hydrogens is 226 g/mol. The van der Waals surface area contributed by atoms with Crippen LogP contribution in [-0.2, 0) is 5.75 Å². The molecule has 1 nitrogen and oxygen atoms in total. The van der Waals surface area contributed by atoms with E-state index in [1.54, 1.807) is 0 Å². The van der Waals surface area contributed by atoms with Crippen LogP contribution >= 0.6 is 23.4 Å². The molecule has 0 unspecified atom stereocenters. The first kappa shape index (κ1) is 12.9. The van der Waals surface area contributed by atoms with Gasteiger partial charge in [0.1, 0.15) is 0 Å². The summed E-state index contributed by atoms with van der Waals surface area (Å²) in [5, 5.41) is 4.20. The second kappa shape index (κ2) is 8.03. The number of rotatable bonds is 7. The van der Waals surface area contributed by atoms with Crippen molar-refractivity contribution in [2.24, 2.45) is 0 Å². The lowest BCUT2D eigenvalue weighted by Gasteiger charge is -2.03. The molecule has 0 fully saturated rings. The Morgan fingerprint density at radius 3 is 2.60 bits per heavy atom. The normalized spacial score (nSPS) is 10.5. The topological polar surface area (TPSA) is 12.0 Å². The molecule has 1 rings (SSSR count). The van der Waals surface area contributed by atoms with Crippen LogP contribution in [-0.4, -0.2) is 18.8 Å². The molecule has 0 aromatic heterocycles. The van der Waals surface area contributed by atoms with Gasteiger partial charge in [0.2, 0.25) is 0 Å². The summed E-state index contributed by atoms with van der Waals surface area (Å²) in [6.07, 6.45) is 1.21. The van der Waals surface area contributed by atoms with Crippen molar-refractivity contribution in [3.8, 4) is 0 Å². The van der Waals surface area contributed by atoms with Crippen LogP contribution in [0.15, 0.2) is 24.3 Å². The van der Waals surface area contributed by atoms with E-state index in [-0.39, 0.29) is 0 Å². The highest BCUT2D eigenvalue weighted by molar-refractivity contribution is 7.98.